The van der Waals surface area contributed by atoms with E-state index in [-0.39, 0.29) is 5.91 Å². The summed E-state index contributed by atoms with van der Waals surface area (Å²) in [6.07, 6.45) is 4.13. The van der Waals surface area contributed by atoms with Gasteiger partial charge in [0, 0.05) is 24.6 Å². The van der Waals surface area contributed by atoms with Crippen LogP contribution in [0.3, 0.4) is 0 Å². The molecule has 0 bridgehead atoms. The Morgan fingerprint density at radius 1 is 1.37 bits per heavy atom. The molecule has 0 aliphatic carbocycles. The minimum absolute atomic E-state index is 0.00276. The van der Waals surface area contributed by atoms with Crippen LogP contribution in [0.1, 0.15) is 15.9 Å². The minimum atomic E-state index is -0.00276. The van der Waals surface area contributed by atoms with Crippen LogP contribution in [0, 0.1) is 0 Å². The van der Waals surface area contributed by atoms with Gasteiger partial charge in [-0.25, -0.2) is 0 Å². The number of carbonyl (C=O) groups excluding carboxylic acids is 1. The van der Waals surface area contributed by atoms with E-state index in [1.807, 2.05) is 18.2 Å². The zero-order chi connectivity index (χ0) is 13.2. The van der Waals surface area contributed by atoms with Crippen LogP contribution in [-0.4, -0.2) is 24.5 Å². The zero-order valence-corrected chi connectivity index (χ0v) is 10.7. The molecular weight excluding hydrogens is 240 g/mol. The predicted molar refractivity (Wildman–Crippen MR) is 72.6 cm³/mol. The van der Waals surface area contributed by atoms with Gasteiger partial charge in [-0.2, -0.15) is 0 Å². The van der Waals surface area contributed by atoms with Crippen molar-refractivity contribution < 1.29 is 9.53 Å². The normalized spacial score (nSPS) is 13.2. The number of nitrogens with zero attached hydrogens (tertiary/aromatic N) is 2. The summed E-state index contributed by atoms with van der Waals surface area (Å²) >= 11 is 0. The molecule has 96 valence electrons. The summed E-state index contributed by atoms with van der Waals surface area (Å²) in [7, 11) is 1.65. The van der Waals surface area contributed by atoms with Crippen molar-refractivity contribution in [3.05, 3.63) is 53.9 Å². The molecule has 19 heavy (non-hydrogen) atoms. The van der Waals surface area contributed by atoms with E-state index in [1.54, 1.807) is 36.5 Å². The van der Waals surface area contributed by atoms with Crippen molar-refractivity contribution in [1.82, 2.24) is 4.98 Å². The van der Waals surface area contributed by atoms with Crippen LogP contribution in [0.25, 0.3) is 0 Å². The zero-order valence-electron chi connectivity index (χ0n) is 10.7. The van der Waals surface area contributed by atoms with Gasteiger partial charge in [-0.3, -0.25) is 9.78 Å². The first-order valence-electron chi connectivity index (χ1n) is 6.18. The first-order chi connectivity index (χ1) is 9.29. The molecule has 0 fully saturated rings. The highest BCUT2D eigenvalue weighted by Crippen LogP contribution is 2.32. The fourth-order valence-electron chi connectivity index (χ4n) is 2.36. The SMILES string of the molecule is COc1ccc2c(c1)CCN2C(=O)c1cccnc1. The smallest absolute Gasteiger partial charge is 0.259 e. The fraction of sp³-hybridized carbons (Fsp3) is 0.200. The van der Waals surface area contributed by atoms with Gasteiger partial charge >= 0.3 is 0 Å². The number of aromatic nitrogens is 1. The Labute approximate surface area is 111 Å². The number of benzene rings is 1. The topological polar surface area (TPSA) is 42.4 Å². The van der Waals surface area contributed by atoms with E-state index in [1.165, 1.54) is 0 Å². The lowest BCUT2D eigenvalue weighted by Gasteiger charge is -2.17. The molecule has 3 rings (SSSR count). The number of rotatable bonds is 2. The van der Waals surface area contributed by atoms with Gasteiger partial charge in [-0.15, -0.1) is 0 Å². The van der Waals surface area contributed by atoms with Crippen molar-refractivity contribution in [3.8, 4) is 5.75 Å². The lowest BCUT2D eigenvalue weighted by atomic mass is 10.1. The van der Waals surface area contributed by atoms with Crippen LogP contribution < -0.4 is 9.64 Å². The van der Waals surface area contributed by atoms with Gasteiger partial charge in [0.2, 0.25) is 0 Å². The molecule has 0 saturated heterocycles. The molecule has 0 unspecified atom stereocenters. The Morgan fingerprint density at radius 2 is 2.26 bits per heavy atom. The van der Waals surface area contributed by atoms with Crippen molar-refractivity contribution in [2.45, 2.75) is 6.42 Å². The van der Waals surface area contributed by atoms with Crippen molar-refractivity contribution in [2.24, 2.45) is 0 Å². The van der Waals surface area contributed by atoms with E-state index < -0.39 is 0 Å². The van der Waals surface area contributed by atoms with Gasteiger partial charge in [0.1, 0.15) is 5.75 Å². The molecule has 4 nitrogen and oxygen atoms in total. The third kappa shape index (κ3) is 2.05. The van der Waals surface area contributed by atoms with E-state index in [2.05, 4.69) is 4.98 Å². The third-order valence-corrected chi connectivity index (χ3v) is 3.34. The molecule has 0 atom stereocenters. The maximum atomic E-state index is 12.4. The van der Waals surface area contributed by atoms with Crippen LogP contribution in [0.15, 0.2) is 42.7 Å². The Kier molecular flexibility index (Phi) is 2.91. The Hall–Kier alpha value is -2.36. The summed E-state index contributed by atoms with van der Waals surface area (Å²) in [5.74, 6) is 0.825. The molecule has 0 radical (unpaired) electrons. The number of hydrogen-bond acceptors (Lipinski definition) is 3. The van der Waals surface area contributed by atoms with E-state index in [0.29, 0.717) is 12.1 Å². The minimum Gasteiger partial charge on any atom is -0.497 e. The van der Waals surface area contributed by atoms with Crippen molar-refractivity contribution in [1.29, 1.82) is 0 Å². The van der Waals surface area contributed by atoms with Gasteiger partial charge in [-0.1, -0.05) is 0 Å². The highest BCUT2D eigenvalue weighted by atomic mass is 16.5. The van der Waals surface area contributed by atoms with E-state index in [0.717, 1.165) is 23.4 Å². The van der Waals surface area contributed by atoms with Crippen LogP contribution in [0.4, 0.5) is 5.69 Å². The molecule has 4 heteroatoms. The predicted octanol–water partition coefficient (Wildman–Crippen LogP) is 2.29. The summed E-state index contributed by atoms with van der Waals surface area (Å²) in [5.41, 5.74) is 2.73. The van der Waals surface area contributed by atoms with Crippen LogP contribution in [0.5, 0.6) is 5.75 Å². The molecule has 1 amide bonds. The van der Waals surface area contributed by atoms with Gasteiger partial charge in [0.15, 0.2) is 0 Å². The number of fused-ring (bicyclic) bond motifs is 1. The van der Waals surface area contributed by atoms with Crippen LogP contribution >= 0.6 is 0 Å². The van der Waals surface area contributed by atoms with E-state index in [4.69, 9.17) is 4.74 Å². The summed E-state index contributed by atoms with van der Waals surface area (Å²) < 4.78 is 5.21. The van der Waals surface area contributed by atoms with Gasteiger partial charge in [0.25, 0.3) is 5.91 Å². The molecule has 1 aliphatic heterocycles. The summed E-state index contributed by atoms with van der Waals surface area (Å²) in [5, 5.41) is 0. The van der Waals surface area contributed by atoms with Gasteiger partial charge in [-0.05, 0) is 42.3 Å². The maximum absolute atomic E-state index is 12.4. The molecule has 1 aromatic heterocycles. The van der Waals surface area contributed by atoms with E-state index >= 15 is 0 Å². The van der Waals surface area contributed by atoms with Crippen LogP contribution in [0.2, 0.25) is 0 Å². The van der Waals surface area contributed by atoms with Crippen molar-refractivity contribution in [3.63, 3.8) is 0 Å². The van der Waals surface area contributed by atoms with Crippen LogP contribution in [-0.2, 0) is 6.42 Å². The Bertz CT molecular complexity index is 611. The molecule has 1 aliphatic rings. The highest BCUT2D eigenvalue weighted by Gasteiger charge is 2.25. The van der Waals surface area contributed by atoms with Crippen molar-refractivity contribution in [2.75, 3.05) is 18.6 Å². The molecule has 2 heterocycles. The molecule has 0 spiro atoms. The second-order valence-corrected chi connectivity index (χ2v) is 4.44. The maximum Gasteiger partial charge on any atom is 0.259 e. The molecular formula is C15H14N2O2. The summed E-state index contributed by atoms with van der Waals surface area (Å²) in [4.78, 5) is 18.2. The number of ether oxygens (including phenoxy) is 1. The largest absolute Gasteiger partial charge is 0.497 e. The van der Waals surface area contributed by atoms with E-state index in [9.17, 15) is 4.79 Å². The average Bonchev–Trinajstić information content (AvgIpc) is 2.90. The third-order valence-electron chi connectivity index (χ3n) is 3.34. The van der Waals surface area contributed by atoms with Crippen molar-refractivity contribution >= 4 is 11.6 Å². The number of methoxy groups -OCH3 is 1. The second-order valence-electron chi connectivity index (χ2n) is 4.44. The fourth-order valence-corrected chi connectivity index (χ4v) is 2.36. The summed E-state index contributed by atoms with van der Waals surface area (Å²) in [6, 6.07) is 9.38. The number of amides is 1. The summed E-state index contributed by atoms with van der Waals surface area (Å²) in [6.45, 7) is 0.705. The molecule has 2 aromatic rings. The molecule has 0 saturated carbocycles. The number of carbonyl (C=O) groups is 1. The second kappa shape index (κ2) is 4.72. The number of pyridine rings is 1. The Morgan fingerprint density at radius 3 is 3.00 bits per heavy atom. The van der Waals surface area contributed by atoms with Gasteiger partial charge in [0.05, 0.1) is 12.7 Å². The standard InChI is InChI=1S/C15H14N2O2/c1-19-13-4-5-14-11(9-13)6-8-17(14)15(18)12-3-2-7-16-10-12/h2-5,7,9-10H,6,8H2,1H3. The highest BCUT2D eigenvalue weighted by molar-refractivity contribution is 6.07. The Balaban J connectivity index is 1.92. The first kappa shape index (κ1) is 11.7. The molecule has 1 aromatic carbocycles. The lowest BCUT2D eigenvalue weighted by molar-refractivity contribution is 0.0989. The number of anilines is 1. The number of hydrogen-bond donors (Lipinski definition) is 0. The monoisotopic (exact) mass is 254 g/mol. The quantitative estimate of drug-likeness (QED) is 0.825. The first-order valence-corrected chi connectivity index (χ1v) is 6.18. The molecule has 0 N–H and O–H groups in total. The van der Waals surface area contributed by atoms with Gasteiger partial charge < -0.3 is 9.64 Å². The average molecular weight is 254 g/mol. The lowest BCUT2D eigenvalue weighted by Crippen LogP contribution is -2.28.